The van der Waals surface area contributed by atoms with Crippen molar-refractivity contribution in [1.82, 2.24) is 10.6 Å². The van der Waals surface area contributed by atoms with Crippen LogP contribution >= 0.6 is 0 Å². The van der Waals surface area contributed by atoms with E-state index in [9.17, 15) is 14.7 Å². The molecule has 2 aromatic rings. The van der Waals surface area contributed by atoms with Crippen molar-refractivity contribution in [3.8, 4) is 5.75 Å². The maximum atomic E-state index is 11.5. The van der Waals surface area contributed by atoms with Gasteiger partial charge in [0.25, 0.3) is 0 Å². The molecule has 6 heteroatoms. The number of benzene rings is 2. The van der Waals surface area contributed by atoms with Crippen LogP contribution in [0.4, 0.5) is 4.79 Å². The summed E-state index contributed by atoms with van der Waals surface area (Å²) in [7, 11) is 0. The van der Waals surface area contributed by atoms with E-state index < -0.39 is 11.6 Å². The van der Waals surface area contributed by atoms with Gasteiger partial charge in [-0.3, -0.25) is 4.79 Å². The predicted octanol–water partition coefficient (Wildman–Crippen LogP) is 3.97. The highest BCUT2D eigenvalue weighted by molar-refractivity contribution is 5.89. The average Bonchev–Trinajstić information content (AvgIpc) is 3.31. The summed E-state index contributed by atoms with van der Waals surface area (Å²) in [6.07, 6.45) is 0.465. The SMILES string of the molecule is CC(=O)NCCOc1cc(CC2(NC(=O)O)CC2C(C)(C)C)cc2ccccc12. The maximum Gasteiger partial charge on any atom is 0.405 e. The van der Waals surface area contributed by atoms with Crippen LogP contribution in [0.3, 0.4) is 0 Å². The van der Waals surface area contributed by atoms with E-state index in [1.807, 2.05) is 30.3 Å². The largest absolute Gasteiger partial charge is 0.491 e. The van der Waals surface area contributed by atoms with Gasteiger partial charge in [0.1, 0.15) is 12.4 Å². The zero-order valence-corrected chi connectivity index (χ0v) is 17.5. The first kappa shape index (κ1) is 21.0. The maximum absolute atomic E-state index is 11.5. The van der Waals surface area contributed by atoms with Gasteiger partial charge in [-0.15, -0.1) is 0 Å². The minimum absolute atomic E-state index is 0.0248. The molecule has 0 bridgehead atoms. The summed E-state index contributed by atoms with van der Waals surface area (Å²) in [5.41, 5.74) is 0.621. The lowest BCUT2D eigenvalue weighted by atomic mass is 9.85. The second-order valence-corrected chi connectivity index (χ2v) is 9.03. The quantitative estimate of drug-likeness (QED) is 0.616. The number of nitrogens with one attached hydrogen (secondary N) is 2. The highest BCUT2D eigenvalue weighted by Gasteiger charge is 2.59. The number of amides is 2. The van der Waals surface area contributed by atoms with Crippen LogP contribution in [0.2, 0.25) is 0 Å². The molecule has 0 aliphatic heterocycles. The fourth-order valence-corrected chi connectivity index (χ4v) is 4.34. The molecule has 0 aromatic heterocycles. The van der Waals surface area contributed by atoms with Gasteiger partial charge in [-0.2, -0.15) is 0 Å². The number of fused-ring (bicyclic) bond motifs is 1. The fourth-order valence-electron chi connectivity index (χ4n) is 4.34. The Labute approximate surface area is 171 Å². The molecule has 2 amide bonds. The second kappa shape index (κ2) is 7.93. The molecule has 1 aliphatic rings. The molecular weight excluding hydrogens is 368 g/mol. The topological polar surface area (TPSA) is 87.7 Å². The van der Waals surface area contributed by atoms with Gasteiger partial charge >= 0.3 is 6.09 Å². The summed E-state index contributed by atoms with van der Waals surface area (Å²) >= 11 is 0. The molecule has 29 heavy (non-hydrogen) atoms. The Bertz CT molecular complexity index is 919. The van der Waals surface area contributed by atoms with Crippen molar-refractivity contribution < 1.29 is 19.4 Å². The van der Waals surface area contributed by atoms with Crippen LogP contribution in [0.25, 0.3) is 10.8 Å². The zero-order chi connectivity index (χ0) is 21.2. The lowest BCUT2D eigenvalue weighted by molar-refractivity contribution is -0.119. The van der Waals surface area contributed by atoms with Crippen molar-refractivity contribution in [3.63, 3.8) is 0 Å². The third-order valence-electron chi connectivity index (χ3n) is 5.61. The molecule has 3 N–H and O–H groups in total. The van der Waals surface area contributed by atoms with Gasteiger partial charge in [0.15, 0.2) is 0 Å². The van der Waals surface area contributed by atoms with E-state index in [1.165, 1.54) is 6.92 Å². The van der Waals surface area contributed by atoms with E-state index >= 15 is 0 Å². The van der Waals surface area contributed by atoms with Crippen molar-refractivity contribution in [2.45, 2.75) is 46.1 Å². The van der Waals surface area contributed by atoms with E-state index in [0.717, 1.165) is 28.5 Å². The third kappa shape index (κ3) is 5.00. The summed E-state index contributed by atoms with van der Waals surface area (Å²) in [5, 5.41) is 17.0. The Balaban J connectivity index is 1.87. The molecule has 0 saturated heterocycles. The second-order valence-electron chi connectivity index (χ2n) is 9.03. The first-order chi connectivity index (χ1) is 13.6. The fraction of sp³-hybridized carbons (Fsp3) is 0.478. The van der Waals surface area contributed by atoms with Gasteiger partial charge in [-0.05, 0) is 41.2 Å². The van der Waals surface area contributed by atoms with Gasteiger partial charge in [0.05, 0.1) is 12.1 Å². The molecule has 156 valence electrons. The van der Waals surface area contributed by atoms with E-state index in [1.54, 1.807) is 0 Å². The summed E-state index contributed by atoms with van der Waals surface area (Å²) < 4.78 is 5.97. The molecule has 2 aromatic carbocycles. The first-order valence-electron chi connectivity index (χ1n) is 10.0. The van der Waals surface area contributed by atoms with Gasteiger partial charge in [-0.25, -0.2) is 4.79 Å². The van der Waals surface area contributed by atoms with Gasteiger partial charge in [0, 0.05) is 12.3 Å². The molecule has 1 saturated carbocycles. The lowest BCUT2D eigenvalue weighted by Crippen LogP contribution is -2.41. The number of hydrogen-bond donors (Lipinski definition) is 3. The van der Waals surface area contributed by atoms with Crippen LogP contribution in [0, 0.1) is 11.3 Å². The number of ether oxygens (including phenoxy) is 1. The molecule has 6 nitrogen and oxygen atoms in total. The van der Waals surface area contributed by atoms with Crippen molar-refractivity contribution >= 4 is 22.8 Å². The minimum atomic E-state index is -0.982. The number of rotatable bonds is 7. The summed E-state index contributed by atoms with van der Waals surface area (Å²) in [5.74, 6) is 0.944. The summed E-state index contributed by atoms with van der Waals surface area (Å²) in [6.45, 7) is 8.74. The average molecular weight is 399 g/mol. The van der Waals surface area contributed by atoms with E-state index in [2.05, 4.69) is 37.5 Å². The summed E-state index contributed by atoms with van der Waals surface area (Å²) in [4.78, 5) is 22.5. The number of hydrogen-bond acceptors (Lipinski definition) is 3. The Kier molecular flexibility index (Phi) is 5.73. The Morgan fingerprint density at radius 1 is 1.24 bits per heavy atom. The monoisotopic (exact) mass is 398 g/mol. The molecule has 3 rings (SSSR count). The molecule has 2 unspecified atom stereocenters. The van der Waals surface area contributed by atoms with Gasteiger partial charge in [-0.1, -0.05) is 51.1 Å². The van der Waals surface area contributed by atoms with Gasteiger partial charge in [0.2, 0.25) is 5.91 Å². The summed E-state index contributed by atoms with van der Waals surface area (Å²) in [6, 6.07) is 12.1. The molecule has 0 radical (unpaired) electrons. The molecule has 0 heterocycles. The Morgan fingerprint density at radius 2 is 1.97 bits per heavy atom. The molecule has 1 fully saturated rings. The number of carbonyl (C=O) groups excluding carboxylic acids is 1. The van der Waals surface area contributed by atoms with E-state index in [4.69, 9.17) is 4.74 Å². The third-order valence-corrected chi connectivity index (χ3v) is 5.61. The van der Waals surface area contributed by atoms with Crippen LogP contribution in [0.1, 0.15) is 39.7 Å². The molecule has 1 aliphatic carbocycles. The molecule has 2 atom stereocenters. The van der Waals surface area contributed by atoms with Crippen molar-refractivity contribution in [3.05, 3.63) is 42.0 Å². The zero-order valence-electron chi connectivity index (χ0n) is 17.5. The Morgan fingerprint density at radius 3 is 2.59 bits per heavy atom. The van der Waals surface area contributed by atoms with Crippen LogP contribution in [-0.2, 0) is 11.2 Å². The molecule has 0 spiro atoms. The van der Waals surface area contributed by atoms with Crippen LogP contribution in [0.15, 0.2) is 36.4 Å². The van der Waals surface area contributed by atoms with Crippen LogP contribution < -0.4 is 15.4 Å². The van der Waals surface area contributed by atoms with Crippen molar-refractivity contribution in [2.75, 3.05) is 13.2 Å². The van der Waals surface area contributed by atoms with Crippen LogP contribution in [0.5, 0.6) is 5.75 Å². The van der Waals surface area contributed by atoms with Crippen molar-refractivity contribution in [1.29, 1.82) is 0 Å². The van der Waals surface area contributed by atoms with E-state index in [0.29, 0.717) is 19.6 Å². The predicted molar refractivity (Wildman–Crippen MR) is 113 cm³/mol. The van der Waals surface area contributed by atoms with E-state index in [-0.39, 0.29) is 17.2 Å². The molecular formula is C23H30N2O4. The standard InChI is InChI=1S/C23H30N2O4/c1-15(26)24-9-10-29-19-12-16(11-17-7-5-6-8-18(17)19)13-23(25-21(27)28)14-20(23)22(2,3)4/h5-8,11-12,20,25H,9-10,13-14H2,1-4H3,(H,24,26)(H,27,28). The highest BCUT2D eigenvalue weighted by atomic mass is 16.5. The minimum Gasteiger partial charge on any atom is -0.491 e. The van der Waals surface area contributed by atoms with Crippen molar-refractivity contribution in [2.24, 2.45) is 11.3 Å². The lowest BCUT2D eigenvalue weighted by Gasteiger charge is -2.25. The Hall–Kier alpha value is -2.76. The van der Waals surface area contributed by atoms with Gasteiger partial charge < -0.3 is 20.5 Å². The van der Waals surface area contributed by atoms with Crippen LogP contribution in [-0.4, -0.2) is 35.8 Å². The normalized spacial score (nSPS) is 20.9. The smallest absolute Gasteiger partial charge is 0.405 e. The first-order valence-corrected chi connectivity index (χ1v) is 10.0. The number of carboxylic acid groups (broad SMARTS) is 1. The highest BCUT2D eigenvalue weighted by Crippen LogP contribution is 2.55. The number of carbonyl (C=O) groups is 2.